The van der Waals surface area contributed by atoms with Crippen molar-refractivity contribution in [2.24, 2.45) is 0 Å². The highest BCUT2D eigenvalue weighted by Gasteiger charge is 2.05. The third kappa shape index (κ3) is 5.14. The molecular formula is C17H23NO2S. The highest BCUT2D eigenvalue weighted by Crippen LogP contribution is 2.25. The fourth-order valence-electron chi connectivity index (χ4n) is 2.24. The van der Waals surface area contributed by atoms with Gasteiger partial charge in [-0.25, -0.2) is 4.98 Å². The van der Waals surface area contributed by atoms with Crippen molar-refractivity contribution >= 4 is 11.3 Å². The van der Waals surface area contributed by atoms with Crippen LogP contribution in [0.2, 0.25) is 0 Å². The first-order valence-electron chi connectivity index (χ1n) is 7.53. The number of nitrogens with zero attached hydrogens (tertiary/aromatic N) is 1. The van der Waals surface area contributed by atoms with E-state index in [0.717, 1.165) is 36.3 Å². The van der Waals surface area contributed by atoms with Gasteiger partial charge in [0.05, 0.1) is 17.8 Å². The number of aliphatic hydroxyl groups excluding tert-OH is 1. The Bertz CT molecular complexity index is 522. The van der Waals surface area contributed by atoms with Crippen LogP contribution in [0.1, 0.15) is 37.1 Å². The Kier molecular flexibility index (Phi) is 6.70. The van der Waals surface area contributed by atoms with Crippen molar-refractivity contribution in [2.75, 3.05) is 13.7 Å². The van der Waals surface area contributed by atoms with E-state index in [9.17, 15) is 0 Å². The predicted molar refractivity (Wildman–Crippen MR) is 88.0 cm³/mol. The predicted octanol–water partition coefficient (Wildman–Crippen LogP) is 4.30. The van der Waals surface area contributed by atoms with Gasteiger partial charge in [-0.15, -0.1) is 11.3 Å². The first-order valence-corrected chi connectivity index (χ1v) is 8.41. The number of aryl methyl sites for hydroxylation is 1. The van der Waals surface area contributed by atoms with Crippen LogP contribution < -0.4 is 4.74 Å². The van der Waals surface area contributed by atoms with E-state index >= 15 is 0 Å². The van der Waals surface area contributed by atoms with Gasteiger partial charge in [-0.05, 0) is 43.5 Å². The summed E-state index contributed by atoms with van der Waals surface area (Å²) in [6.45, 7) is 0.317. The Balaban J connectivity index is 1.80. The number of rotatable bonds is 9. The number of unbranched alkanes of at least 4 members (excludes halogenated alkanes) is 4. The summed E-state index contributed by atoms with van der Waals surface area (Å²) >= 11 is 1.74. The molecule has 0 aliphatic rings. The van der Waals surface area contributed by atoms with Gasteiger partial charge in [0.15, 0.2) is 0 Å². The lowest BCUT2D eigenvalue weighted by Gasteiger charge is -2.01. The smallest absolute Gasteiger partial charge is 0.118 e. The first-order chi connectivity index (χ1) is 10.3. The van der Waals surface area contributed by atoms with Crippen molar-refractivity contribution in [1.82, 2.24) is 4.98 Å². The quantitative estimate of drug-likeness (QED) is 0.702. The van der Waals surface area contributed by atoms with Crippen LogP contribution in [0.3, 0.4) is 0 Å². The molecule has 0 saturated carbocycles. The lowest BCUT2D eigenvalue weighted by atomic mass is 10.1. The summed E-state index contributed by atoms with van der Waals surface area (Å²) in [5.41, 5.74) is 2.19. The fourth-order valence-corrected chi connectivity index (χ4v) is 3.09. The Morgan fingerprint density at radius 1 is 1.05 bits per heavy atom. The second-order valence-corrected chi connectivity index (χ2v) is 6.04. The fraction of sp³-hybridized carbons (Fsp3) is 0.471. The summed E-state index contributed by atoms with van der Waals surface area (Å²) in [6, 6.07) is 8.03. The average Bonchev–Trinajstić information content (AvgIpc) is 3.00. The number of aliphatic hydroxyl groups is 1. The normalized spacial score (nSPS) is 10.8. The minimum atomic E-state index is 0.317. The zero-order chi connectivity index (χ0) is 14.9. The summed E-state index contributed by atoms with van der Waals surface area (Å²) in [5.74, 6) is 0.872. The molecule has 4 heteroatoms. The summed E-state index contributed by atoms with van der Waals surface area (Å²) < 4.78 is 5.17. The molecule has 21 heavy (non-hydrogen) atoms. The van der Waals surface area contributed by atoms with Crippen molar-refractivity contribution in [3.8, 4) is 17.0 Å². The van der Waals surface area contributed by atoms with Crippen LogP contribution in [0.15, 0.2) is 29.6 Å². The zero-order valence-corrected chi connectivity index (χ0v) is 13.4. The van der Waals surface area contributed by atoms with E-state index in [4.69, 9.17) is 14.8 Å². The van der Waals surface area contributed by atoms with Gasteiger partial charge in [0.1, 0.15) is 5.75 Å². The van der Waals surface area contributed by atoms with Crippen LogP contribution in [0.5, 0.6) is 5.75 Å². The molecule has 0 fully saturated rings. The van der Waals surface area contributed by atoms with Crippen LogP contribution in [0.4, 0.5) is 0 Å². The molecule has 114 valence electrons. The summed E-state index contributed by atoms with van der Waals surface area (Å²) in [5, 5.41) is 12.1. The van der Waals surface area contributed by atoms with Gasteiger partial charge in [-0.3, -0.25) is 0 Å². The number of hydrogen-bond donors (Lipinski definition) is 1. The molecule has 0 aliphatic carbocycles. The molecule has 2 rings (SSSR count). The van der Waals surface area contributed by atoms with Gasteiger partial charge >= 0.3 is 0 Å². The van der Waals surface area contributed by atoms with E-state index in [1.807, 2.05) is 24.3 Å². The van der Waals surface area contributed by atoms with Crippen molar-refractivity contribution in [1.29, 1.82) is 0 Å². The van der Waals surface area contributed by atoms with Crippen molar-refractivity contribution in [3.05, 3.63) is 34.7 Å². The number of hydrogen-bond acceptors (Lipinski definition) is 4. The third-order valence-corrected chi connectivity index (χ3v) is 4.39. The maximum Gasteiger partial charge on any atom is 0.118 e. The van der Waals surface area contributed by atoms with E-state index in [1.165, 1.54) is 24.3 Å². The van der Waals surface area contributed by atoms with E-state index in [1.54, 1.807) is 18.4 Å². The Morgan fingerprint density at radius 3 is 2.48 bits per heavy atom. The number of aromatic nitrogens is 1. The zero-order valence-electron chi connectivity index (χ0n) is 12.5. The van der Waals surface area contributed by atoms with Crippen LogP contribution >= 0.6 is 11.3 Å². The maximum atomic E-state index is 8.73. The molecule has 0 radical (unpaired) electrons. The lowest BCUT2D eigenvalue weighted by molar-refractivity contribution is 0.282. The molecule has 0 amide bonds. The SMILES string of the molecule is COc1ccc(-c2csc(CCCCCCCO)n2)cc1. The molecule has 0 spiro atoms. The van der Waals surface area contributed by atoms with Gasteiger partial charge in [-0.2, -0.15) is 0 Å². The van der Waals surface area contributed by atoms with Crippen LogP contribution in [0, 0.1) is 0 Å². The van der Waals surface area contributed by atoms with Crippen LogP contribution in [0.25, 0.3) is 11.3 Å². The van der Waals surface area contributed by atoms with Gasteiger partial charge in [-0.1, -0.05) is 19.3 Å². The molecule has 3 nitrogen and oxygen atoms in total. The monoisotopic (exact) mass is 305 g/mol. The highest BCUT2D eigenvalue weighted by molar-refractivity contribution is 7.09. The van der Waals surface area contributed by atoms with E-state index in [0.29, 0.717) is 6.61 Å². The van der Waals surface area contributed by atoms with Crippen LogP contribution in [-0.2, 0) is 6.42 Å². The molecule has 1 aromatic heterocycles. The second kappa shape index (κ2) is 8.80. The van der Waals surface area contributed by atoms with Gasteiger partial charge in [0, 0.05) is 17.6 Å². The molecule has 1 aromatic carbocycles. The van der Waals surface area contributed by atoms with Crippen LogP contribution in [-0.4, -0.2) is 23.8 Å². The Morgan fingerprint density at radius 2 is 1.76 bits per heavy atom. The number of benzene rings is 1. The molecule has 0 bridgehead atoms. The topological polar surface area (TPSA) is 42.4 Å². The van der Waals surface area contributed by atoms with E-state index < -0.39 is 0 Å². The molecule has 0 atom stereocenters. The number of ether oxygens (including phenoxy) is 1. The number of methoxy groups -OCH3 is 1. The van der Waals surface area contributed by atoms with E-state index in [2.05, 4.69) is 5.38 Å². The van der Waals surface area contributed by atoms with Crippen molar-refractivity contribution < 1.29 is 9.84 Å². The second-order valence-electron chi connectivity index (χ2n) is 5.10. The van der Waals surface area contributed by atoms with Gasteiger partial charge in [0.2, 0.25) is 0 Å². The third-order valence-electron chi connectivity index (χ3n) is 3.49. The van der Waals surface area contributed by atoms with Crippen molar-refractivity contribution in [2.45, 2.75) is 38.5 Å². The summed E-state index contributed by atoms with van der Waals surface area (Å²) in [7, 11) is 1.68. The molecule has 2 aromatic rings. The number of thiazole rings is 1. The molecular weight excluding hydrogens is 282 g/mol. The maximum absolute atomic E-state index is 8.73. The minimum absolute atomic E-state index is 0.317. The standard InChI is InChI=1S/C17H23NO2S/c1-20-15-10-8-14(9-11-15)16-13-21-17(18-16)7-5-3-2-4-6-12-19/h8-11,13,19H,2-7,12H2,1H3. The largest absolute Gasteiger partial charge is 0.497 e. The minimum Gasteiger partial charge on any atom is -0.497 e. The molecule has 0 saturated heterocycles. The van der Waals surface area contributed by atoms with Crippen molar-refractivity contribution in [3.63, 3.8) is 0 Å². The van der Waals surface area contributed by atoms with Gasteiger partial charge < -0.3 is 9.84 Å². The Hall–Kier alpha value is -1.39. The molecule has 0 aliphatic heterocycles. The Labute approximate surface area is 130 Å². The van der Waals surface area contributed by atoms with E-state index in [-0.39, 0.29) is 0 Å². The molecule has 1 heterocycles. The van der Waals surface area contributed by atoms with Gasteiger partial charge in [0.25, 0.3) is 0 Å². The highest BCUT2D eigenvalue weighted by atomic mass is 32.1. The summed E-state index contributed by atoms with van der Waals surface area (Å²) in [6.07, 6.45) is 6.72. The molecule has 1 N–H and O–H groups in total. The first kappa shape index (κ1) is 16.0. The lowest BCUT2D eigenvalue weighted by Crippen LogP contribution is -1.87. The average molecular weight is 305 g/mol. The summed E-state index contributed by atoms with van der Waals surface area (Å²) in [4.78, 5) is 4.71. The molecule has 0 unspecified atom stereocenters.